The van der Waals surface area contributed by atoms with E-state index < -0.39 is 0 Å². The van der Waals surface area contributed by atoms with Crippen LogP contribution >= 0.6 is 11.3 Å². The minimum atomic E-state index is 0.0654. The maximum Gasteiger partial charge on any atom is 0.273 e. The molecule has 3 heterocycles. The molecule has 0 aromatic carbocycles. The highest BCUT2D eigenvalue weighted by Gasteiger charge is 2.29. The molecule has 1 amide bonds. The van der Waals surface area contributed by atoms with Crippen LogP contribution in [0.3, 0.4) is 0 Å². The summed E-state index contributed by atoms with van der Waals surface area (Å²) >= 11 is 1.53. The first kappa shape index (κ1) is 15.2. The number of nitrogens with zero attached hydrogens (tertiary/aromatic N) is 4. The molecule has 1 aliphatic rings. The maximum absolute atomic E-state index is 12.7. The molecular formula is C16H22N4OS. The number of likely N-dealkylation sites (tertiary alicyclic amines) is 1. The van der Waals surface area contributed by atoms with E-state index in [1.807, 2.05) is 28.8 Å². The van der Waals surface area contributed by atoms with Crippen LogP contribution in [0.15, 0.2) is 11.4 Å². The average Bonchev–Trinajstić information content (AvgIpc) is 3.05. The van der Waals surface area contributed by atoms with Crippen molar-refractivity contribution in [2.24, 2.45) is 0 Å². The molecule has 1 saturated heterocycles. The van der Waals surface area contributed by atoms with Crippen LogP contribution in [0, 0.1) is 20.8 Å². The van der Waals surface area contributed by atoms with Gasteiger partial charge in [-0.1, -0.05) is 0 Å². The molecule has 0 saturated carbocycles. The van der Waals surface area contributed by atoms with Gasteiger partial charge in [0.15, 0.2) is 0 Å². The van der Waals surface area contributed by atoms with Gasteiger partial charge in [0, 0.05) is 17.6 Å². The summed E-state index contributed by atoms with van der Waals surface area (Å²) in [5.74, 6) is 0.0654. The smallest absolute Gasteiger partial charge is 0.273 e. The van der Waals surface area contributed by atoms with Crippen LogP contribution in [-0.4, -0.2) is 38.2 Å². The van der Waals surface area contributed by atoms with E-state index in [9.17, 15) is 4.79 Å². The summed E-state index contributed by atoms with van der Waals surface area (Å²) in [5, 5.41) is 7.35. The zero-order valence-electron chi connectivity index (χ0n) is 13.4. The molecule has 2 aromatic rings. The first-order valence-corrected chi connectivity index (χ1v) is 8.66. The molecule has 0 N–H and O–H groups in total. The van der Waals surface area contributed by atoms with Crippen molar-refractivity contribution in [1.82, 2.24) is 19.7 Å². The molecule has 0 bridgehead atoms. The number of thiazole rings is 1. The lowest BCUT2D eigenvalue weighted by molar-refractivity contribution is 0.0577. The van der Waals surface area contributed by atoms with Crippen LogP contribution in [0.1, 0.15) is 46.1 Å². The fourth-order valence-corrected chi connectivity index (χ4v) is 3.71. The highest BCUT2D eigenvalue weighted by Crippen LogP contribution is 2.22. The van der Waals surface area contributed by atoms with E-state index in [-0.39, 0.29) is 11.9 Å². The molecular weight excluding hydrogens is 296 g/mol. The summed E-state index contributed by atoms with van der Waals surface area (Å²) < 4.78 is 2.03. The summed E-state index contributed by atoms with van der Waals surface area (Å²) in [6.07, 6.45) is 3.28. The number of carbonyl (C=O) groups is 1. The molecule has 0 spiro atoms. The molecule has 6 heteroatoms. The summed E-state index contributed by atoms with van der Waals surface area (Å²) in [5.41, 5.74) is 2.77. The fourth-order valence-electron chi connectivity index (χ4n) is 3.13. The third-order valence-electron chi connectivity index (χ3n) is 4.21. The van der Waals surface area contributed by atoms with Crippen molar-refractivity contribution in [2.45, 2.75) is 52.6 Å². The molecule has 5 nitrogen and oxygen atoms in total. The standard InChI is InChI=1S/C16H22N4OS/c1-11-8-12(2)20(18-11)9-14-6-4-5-7-19(14)16(21)15-10-22-13(3)17-15/h8,10,14H,4-7,9H2,1-3H3. The van der Waals surface area contributed by atoms with Crippen molar-refractivity contribution in [1.29, 1.82) is 0 Å². The van der Waals surface area contributed by atoms with E-state index in [1.54, 1.807) is 0 Å². The van der Waals surface area contributed by atoms with Crippen molar-refractivity contribution >= 4 is 17.2 Å². The van der Waals surface area contributed by atoms with Crippen LogP contribution < -0.4 is 0 Å². The predicted octanol–water partition coefficient (Wildman–Crippen LogP) is 2.96. The Morgan fingerprint density at radius 3 is 2.82 bits per heavy atom. The van der Waals surface area contributed by atoms with Gasteiger partial charge in [0.05, 0.1) is 23.3 Å². The number of carbonyl (C=O) groups excluding carboxylic acids is 1. The topological polar surface area (TPSA) is 51.0 Å². The Bertz CT molecular complexity index is 675. The van der Waals surface area contributed by atoms with E-state index in [2.05, 4.69) is 23.1 Å². The number of hydrogen-bond donors (Lipinski definition) is 0. The lowest BCUT2D eigenvalue weighted by atomic mass is 10.0. The van der Waals surface area contributed by atoms with Gasteiger partial charge < -0.3 is 4.90 Å². The Balaban J connectivity index is 1.79. The molecule has 3 rings (SSSR count). The van der Waals surface area contributed by atoms with Crippen LogP contribution in [0.25, 0.3) is 0 Å². The van der Waals surface area contributed by atoms with E-state index >= 15 is 0 Å². The highest BCUT2D eigenvalue weighted by atomic mass is 32.1. The normalized spacial score (nSPS) is 18.7. The number of hydrogen-bond acceptors (Lipinski definition) is 4. The third kappa shape index (κ3) is 3.06. The third-order valence-corrected chi connectivity index (χ3v) is 4.99. The molecule has 0 aliphatic carbocycles. The molecule has 118 valence electrons. The molecule has 2 aromatic heterocycles. The summed E-state index contributed by atoms with van der Waals surface area (Å²) in [7, 11) is 0. The number of amides is 1. The number of aryl methyl sites for hydroxylation is 3. The summed E-state index contributed by atoms with van der Waals surface area (Å²) in [6.45, 7) is 7.60. The Hall–Kier alpha value is -1.69. The van der Waals surface area contributed by atoms with Crippen LogP contribution in [0.4, 0.5) is 0 Å². The second kappa shape index (κ2) is 6.20. The Morgan fingerprint density at radius 2 is 2.18 bits per heavy atom. The van der Waals surface area contributed by atoms with Crippen LogP contribution in [0.2, 0.25) is 0 Å². The number of rotatable bonds is 3. The van der Waals surface area contributed by atoms with Gasteiger partial charge in [0.2, 0.25) is 0 Å². The summed E-state index contributed by atoms with van der Waals surface area (Å²) in [4.78, 5) is 19.1. The second-order valence-electron chi connectivity index (χ2n) is 6.01. The lowest BCUT2D eigenvalue weighted by Crippen LogP contribution is -2.46. The van der Waals surface area contributed by atoms with Crippen molar-refractivity contribution < 1.29 is 4.79 Å². The van der Waals surface area contributed by atoms with Gasteiger partial charge >= 0.3 is 0 Å². The summed E-state index contributed by atoms with van der Waals surface area (Å²) in [6, 6.07) is 2.29. The largest absolute Gasteiger partial charge is 0.332 e. The van der Waals surface area contributed by atoms with Crippen LogP contribution in [0.5, 0.6) is 0 Å². The van der Waals surface area contributed by atoms with Gasteiger partial charge in [0.1, 0.15) is 5.69 Å². The molecule has 1 unspecified atom stereocenters. The number of aromatic nitrogens is 3. The molecule has 1 fully saturated rings. The molecule has 22 heavy (non-hydrogen) atoms. The van der Waals surface area contributed by atoms with Crippen molar-refractivity contribution in [3.8, 4) is 0 Å². The average molecular weight is 318 g/mol. The van der Waals surface area contributed by atoms with Crippen molar-refractivity contribution in [2.75, 3.05) is 6.54 Å². The quantitative estimate of drug-likeness (QED) is 0.874. The van der Waals surface area contributed by atoms with E-state index in [1.165, 1.54) is 17.8 Å². The zero-order valence-corrected chi connectivity index (χ0v) is 14.2. The maximum atomic E-state index is 12.7. The van der Waals surface area contributed by atoms with Crippen LogP contribution in [-0.2, 0) is 6.54 Å². The van der Waals surface area contributed by atoms with Gasteiger partial charge in [-0.25, -0.2) is 4.98 Å². The lowest BCUT2D eigenvalue weighted by Gasteiger charge is -2.35. The van der Waals surface area contributed by atoms with E-state index in [0.717, 1.165) is 42.3 Å². The minimum absolute atomic E-state index is 0.0654. The predicted molar refractivity (Wildman–Crippen MR) is 87.2 cm³/mol. The Kier molecular flexibility index (Phi) is 4.29. The monoisotopic (exact) mass is 318 g/mol. The van der Waals surface area contributed by atoms with Gasteiger partial charge in [-0.2, -0.15) is 5.10 Å². The number of piperidine rings is 1. The molecule has 1 aliphatic heterocycles. The molecule has 0 radical (unpaired) electrons. The fraction of sp³-hybridized carbons (Fsp3) is 0.562. The first-order valence-electron chi connectivity index (χ1n) is 7.79. The van der Waals surface area contributed by atoms with E-state index in [0.29, 0.717) is 5.69 Å². The van der Waals surface area contributed by atoms with Crippen molar-refractivity contribution in [3.63, 3.8) is 0 Å². The SMILES string of the molecule is Cc1cc(C)n(CC2CCCCN2C(=O)c2csc(C)n2)n1. The highest BCUT2D eigenvalue weighted by molar-refractivity contribution is 7.09. The Labute approximate surface area is 135 Å². The minimum Gasteiger partial charge on any atom is -0.332 e. The zero-order chi connectivity index (χ0) is 15.7. The second-order valence-corrected chi connectivity index (χ2v) is 7.07. The molecule has 1 atom stereocenters. The first-order chi connectivity index (χ1) is 10.5. The van der Waals surface area contributed by atoms with Gasteiger partial charge in [-0.15, -0.1) is 11.3 Å². The van der Waals surface area contributed by atoms with Gasteiger partial charge in [-0.3, -0.25) is 9.48 Å². The van der Waals surface area contributed by atoms with Gasteiger partial charge in [-0.05, 0) is 46.1 Å². The van der Waals surface area contributed by atoms with E-state index in [4.69, 9.17) is 0 Å². The Morgan fingerprint density at radius 1 is 1.36 bits per heavy atom. The van der Waals surface area contributed by atoms with Crippen molar-refractivity contribution in [3.05, 3.63) is 33.5 Å². The van der Waals surface area contributed by atoms with Gasteiger partial charge in [0.25, 0.3) is 5.91 Å².